The van der Waals surface area contributed by atoms with E-state index in [2.05, 4.69) is 15.6 Å². The fourth-order valence-electron chi connectivity index (χ4n) is 2.82. The third kappa shape index (κ3) is 5.95. The Morgan fingerprint density at radius 2 is 1.86 bits per heavy atom. The molecule has 8 heteroatoms. The van der Waals surface area contributed by atoms with Gasteiger partial charge in [0.15, 0.2) is 15.8 Å². The van der Waals surface area contributed by atoms with E-state index in [1.54, 1.807) is 20.8 Å². The number of benzene rings is 1. The van der Waals surface area contributed by atoms with Crippen LogP contribution in [0, 0.1) is 0 Å². The molecule has 1 amide bonds. The number of carbonyl (C=O) groups excluding carboxylic acids is 1. The SMILES string of the molecule is CCNC(=NCc1ccc(N2CCCC2=O)cc1)NCCS(=O)(=O)C(C)(C)C. The van der Waals surface area contributed by atoms with Crippen LogP contribution in [-0.2, 0) is 21.2 Å². The van der Waals surface area contributed by atoms with Gasteiger partial charge in [0.1, 0.15) is 0 Å². The maximum absolute atomic E-state index is 12.2. The number of hydrogen-bond acceptors (Lipinski definition) is 4. The number of hydrogen-bond donors (Lipinski definition) is 2. The van der Waals surface area contributed by atoms with E-state index in [0.717, 1.165) is 24.2 Å². The van der Waals surface area contributed by atoms with Crippen molar-refractivity contribution in [3.8, 4) is 0 Å². The lowest BCUT2D eigenvalue weighted by Gasteiger charge is -2.19. The zero-order chi connectivity index (χ0) is 20.8. The molecule has 1 aromatic carbocycles. The van der Waals surface area contributed by atoms with Crippen LogP contribution >= 0.6 is 0 Å². The maximum atomic E-state index is 12.2. The lowest BCUT2D eigenvalue weighted by molar-refractivity contribution is -0.117. The molecule has 0 atom stereocenters. The van der Waals surface area contributed by atoms with Crippen molar-refractivity contribution in [3.63, 3.8) is 0 Å². The second-order valence-corrected chi connectivity index (χ2v) is 10.7. The Hall–Kier alpha value is -2.09. The Morgan fingerprint density at radius 1 is 1.18 bits per heavy atom. The highest BCUT2D eigenvalue weighted by Crippen LogP contribution is 2.21. The van der Waals surface area contributed by atoms with E-state index in [1.807, 2.05) is 36.1 Å². The molecule has 156 valence electrons. The van der Waals surface area contributed by atoms with Gasteiger partial charge in [0, 0.05) is 31.7 Å². The van der Waals surface area contributed by atoms with Crippen LogP contribution in [0.3, 0.4) is 0 Å². The Bertz CT molecular complexity index is 796. The Labute approximate surface area is 168 Å². The van der Waals surface area contributed by atoms with Crippen LogP contribution in [0.4, 0.5) is 5.69 Å². The van der Waals surface area contributed by atoms with E-state index in [9.17, 15) is 13.2 Å². The van der Waals surface area contributed by atoms with E-state index in [-0.39, 0.29) is 11.7 Å². The van der Waals surface area contributed by atoms with Crippen LogP contribution in [0.1, 0.15) is 46.1 Å². The number of anilines is 1. The number of sulfone groups is 1. The largest absolute Gasteiger partial charge is 0.357 e. The summed E-state index contributed by atoms with van der Waals surface area (Å²) in [5, 5.41) is 6.22. The highest BCUT2D eigenvalue weighted by atomic mass is 32.2. The molecule has 1 heterocycles. The Kier molecular flexibility index (Phi) is 7.46. The van der Waals surface area contributed by atoms with Crippen LogP contribution < -0.4 is 15.5 Å². The molecule has 1 aliphatic rings. The summed E-state index contributed by atoms with van der Waals surface area (Å²) in [7, 11) is -3.17. The minimum absolute atomic E-state index is 0.0550. The quantitative estimate of drug-likeness (QED) is 0.532. The molecule has 1 aromatic rings. The van der Waals surface area contributed by atoms with Gasteiger partial charge in [-0.2, -0.15) is 0 Å². The van der Waals surface area contributed by atoms with Gasteiger partial charge < -0.3 is 15.5 Å². The number of nitrogens with one attached hydrogen (secondary N) is 2. The molecule has 0 saturated carbocycles. The molecule has 0 aromatic heterocycles. The van der Waals surface area contributed by atoms with Gasteiger partial charge in [0.25, 0.3) is 0 Å². The summed E-state index contributed by atoms with van der Waals surface area (Å²) >= 11 is 0. The lowest BCUT2D eigenvalue weighted by Crippen LogP contribution is -2.41. The third-order valence-corrected chi connectivity index (χ3v) is 7.29. The van der Waals surface area contributed by atoms with Gasteiger partial charge >= 0.3 is 0 Å². The summed E-state index contributed by atoms with van der Waals surface area (Å²) in [5.74, 6) is 0.819. The summed E-state index contributed by atoms with van der Waals surface area (Å²) in [4.78, 5) is 18.2. The molecule has 2 rings (SSSR count). The van der Waals surface area contributed by atoms with Crippen molar-refractivity contribution in [2.24, 2.45) is 4.99 Å². The van der Waals surface area contributed by atoms with Crippen LogP contribution in [-0.4, -0.2) is 50.4 Å². The summed E-state index contributed by atoms with van der Waals surface area (Å²) in [6.45, 7) is 9.33. The summed E-state index contributed by atoms with van der Waals surface area (Å²) in [6, 6.07) is 7.84. The summed E-state index contributed by atoms with van der Waals surface area (Å²) in [6.07, 6.45) is 1.53. The monoisotopic (exact) mass is 408 g/mol. The molecule has 1 saturated heterocycles. The first-order chi connectivity index (χ1) is 13.1. The van der Waals surface area contributed by atoms with E-state index in [1.165, 1.54) is 0 Å². The maximum Gasteiger partial charge on any atom is 0.227 e. The predicted octanol–water partition coefficient (Wildman–Crippen LogP) is 2.08. The molecular weight excluding hydrogens is 376 g/mol. The number of nitrogens with zero attached hydrogens (tertiary/aromatic N) is 2. The normalized spacial score (nSPS) is 15.8. The zero-order valence-electron chi connectivity index (χ0n) is 17.3. The van der Waals surface area contributed by atoms with Crippen molar-refractivity contribution in [1.82, 2.24) is 10.6 Å². The highest BCUT2D eigenvalue weighted by molar-refractivity contribution is 7.92. The fourth-order valence-corrected chi connectivity index (χ4v) is 3.81. The van der Waals surface area contributed by atoms with E-state index in [4.69, 9.17) is 0 Å². The Balaban J connectivity index is 1.94. The molecule has 2 N–H and O–H groups in total. The zero-order valence-corrected chi connectivity index (χ0v) is 18.1. The van der Waals surface area contributed by atoms with E-state index in [0.29, 0.717) is 32.0 Å². The number of carbonyl (C=O) groups is 1. The lowest BCUT2D eigenvalue weighted by atomic mass is 10.2. The third-order valence-electron chi connectivity index (χ3n) is 4.68. The molecule has 0 bridgehead atoms. The van der Waals surface area contributed by atoms with E-state index >= 15 is 0 Å². The van der Waals surface area contributed by atoms with Crippen LogP contribution in [0.2, 0.25) is 0 Å². The molecular formula is C20H32N4O3S. The molecule has 0 radical (unpaired) electrons. The average molecular weight is 409 g/mol. The van der Waals surface area contributed by atoms with Gasteiger partial charge in [-0.1, -0.05) is 12.1 Å². The first-order valence-corrected chi connectivity index (χ1v) is 11.4. The second kappa shape index (κ2) is 9.41. The van der Waals surface area contributed by atoms with Crippen molar-refractivity contribution in [3.05, 3.63) is 29.8 Å². The van der Waals surface area contributed by atoms with Gasteiger partial charge in [0.2, 0.25) is 5.91 Å². The minimum atomic E-state index is -3.17. The van der Waals surface area contributed by atoms with Crippen molar-refractivity contribution < 1.29 is 13.2 Å². The number of amides is 1. The summed E-state index contributed by atoms with van der Waals surface area (Å²) < 4.78 is 23.7. The smallest absolute Gasteiger partial charge is 0.227 e. The van der Waals surface area contributed by atoms with Gasteiger partial charge in [-0.15, -0.1) is 0 Å². The van der Waals surface area contributed by atoms with Crippen LogP contribution in [0.25, 0.3) is 0 Å². The topological polar surface area (TPSA) is 90.9 Å². The molecule has 0 spiro atoms. The van der Waals surface area contributed by atoms with Gasteiger partial charge in [-0.25, -0.2) is 13.4 Å². The number of guanidine groups is 1. The van der Waals surface area contributed by atoms with Gasteiger partial charge in [-0.05, 0) is 51.8 Å². The molecule has 1 aliphatic heterocycles. The molecule has 0 aliphatic carbocycles. The van der Waals surface area contributed by atoms with Gasteiger partial charge in [0.05, 0.1) is 17.0 Å². The first kappa shape index (κ1) is 22.2. The van der Waals surface area contributed by atoms with Crippen LogP contribution in [0.15, 0.2) is 29.3 Å². The molecule has 28 heavy (non-hydrogen) atoms. The summed E-state index contributed by atoms with van der Waals surface area (Å²) in [5.41, 5.74) is 1.95. The Morgan fingerprint density at radius 3 is 2.39 bits per heavy atom. The van der Waals surface area contributed by atoms with Crippen LogP contribution in [0.5, 0.6) is 0 Å². The number of rotatable bonds is 7. The van der Waals surface area contributed by atoms with Crippen molar-refractivity contribution in [2.45, 2.75) is 51.8 Å². The second-order valence-electron chi connectivity index (χ2n) is 7.87. The number of aliphatic imine (C=N–C) groups is 1. The molecule has 0 unspecified atom stereocenters. The standard InChI is InChI=1S/C20H32N4O3S/c1-5-21-19(22-12-14-28(26,27)20(2,3)4)23-15-16-8-10-17(11-9-16)24-13-6-7-18(24)25/h8-11H,5-7,12-15H2,1-4H3,(H2,21,22,23). The van der Waals surface area contributed by atoms with Gasteiger partial charge in [-0.3, -0.25) is 4.79 Å². The van der Waals surface area contributed by atoms with E-state index < -0.39 is 14.6 Å². The van der Waals surface area contributed by atoms with Crippen molar-refractivity contribution in [2.75, 3.05) is 30.3 Å². The first-order valence-electron chi connectivity index (χ1n) is 9.78. The fraction of sp³-hybridized carbons (Fsp3) is 0.600. The van der Waals surface area contributed by atoms with Crippen molar-refractivity contribution in [1.29, 1.82) is 0 Å². The molecule has 1 fully saturated rings. The molecule has 7 nitrogen and oxygen atoms in total. The minimum Gasteiger partial charge on any atom is -0.357 e. The van der Waals surface area contributed by atoms with Crippen molar-refractivity contribution >= 4 is 27.4 Å². The highest BCUT2D eigenvalue weighted by Gasteiger charge is 2.28. The predicted molar refractivity (Wildman–Crippen MR) is 114 cm³/mol. The average Bonchev–Trinajstić information content (AvgIpc) is 3.05.